The molecule has 2 heterocycles. The first kappa shape index (κ1) is 14.1. The van der Waals surface area contributed by atoms with Crippen molar-refractivity contribution in [2.45, 2.75) is 6.04 Å². The van der Waals surface area contributed by atoms with Crippen molar-refractivity contribution in [3.63, 3.8) is 0 Å². The number of benzene rings is 1. The van der Waals surface area contributed by atoms with Crippen LogP contribution in [0, 0.1) is 0 Å². The minimum absolute atomic E-state index is 0.365. The van der Waals surface area contributed by atoms with Crippen LogP contribution in [0.15, 0.2) is 40.2 Å². The number of halogens is 1. The number of nitrogens with two attached hydrogens (primary N) is 1. The van der Waals surface area contributed by atoms with Gasteiger partial charge in [-0.25, -0.2) is 0 Å². The molecule has 108 valence electrons. The molecule has 1 unspecified atom stereocenters. The Bertz CT molecular complexity index is 743. The lowest BCUT2D eigenvalue weighted by atomic mass is 10.2. The molecule has 0 bridgehead atoms. The van der Waals surface area contributed by atoms with Crippen molar-refractivity contribution in [2.24, 2.45) is 5.73 Å². The predicted octanol–water partition coefficient (Wildman–Crippen LogP) is 3.51. The van der Waals surface area contributed by atoms with Gasteiger partial charge in [0.25, 0.3) is 0 Å². The highest BCUT2D eigenvalue weighted by atomic mass is 35.5. The molecule has 0 spiro atoms. The van der Waals surface area contributed by atoms with E-state index in [4.69, 9.17) is 26.6 Å². The van der Waals surface area contributed by atoms with E-state index in [-0.39, 0.29) is 0 Å². The van der Waals surface area contributed by atoms with E-state index in [1.54, 1.807) is 36.6 Å². The van der Waals surface area contributed by atoms with Gasteiger partial charge in [-0.15, -0.1) is 11.3 Å². The van der Waals surface area contributed by atoms with Crippen molar-refractivity contribution in [1.29, 1.82) is 0 Å². The molecule has 2 aromatic heterocycles. The van der Waals surface area contributed by atoms with Gasteiger partial charge in [0.2, 0.25) is 11.7 Å². The van der Waals surface area contributed by atoms with Crippen LogP contribution in [-0.2, 0) is 0 Å². The number of methoxy groups -OCH3 is 1. The first-order chi connectivity index (χ1) is 10.2. The van der Waals surface area contributed by atoms with E-state index in [1.165, 1.54) is 0 Å². The maximum atomic E-state index is 6.11. The summed E-state index contributed by atoms with van der Waals surface area (Å²) in [6, 6.07) is 8.67. The molecule has 0 aliphatic carbocycles. The predicted molar refractivity (Wildman–Crippen MR) is 81.6 cm³/mol. The summed E-state index contributed by atoms with van der Waals surface area (Å²) >= 11 is 7.49. The zero-order valence-electron chi connectivity index (χ0n) is 11.1. The van der Waals surface area contributed by atoms with Crippen LogP contribution in [0.4, 0.5) is 0 Å². The summed E-state index contributed by atoms with van der Waals surface area (Å²) in [5.74, 6) is 1.37. The number of hydrogen-bond donors (Lipinski definition) is 1. The summed E-state index contributed by atoms with van der Waals surface area (Å²) in [5.41, 5.74) is 6.81. The van der Waals surface area contributed by atoms with E-state index in [9.17, 15) is 0 Å². The number of ether oxygens (including phenoxy) is 1. The fourth-order valence-electron chi connectivity index (χ4n) is 1.91. The van der Waals surface area contributed by atoms with Crippen molar-refractivity contribution in [3.8, 4) is 17.1 Å². The number of hydrogen-bond acceptors (Lipinski definition) is 6. The Morgan fingerprint density at radius 1 is 1.38 bits per heavy atom. The first-order valence-electron chi connectivity index (χ1n) is 6.15. The van der Waals surface area contributed by atoms with E-state index in [0.29, 0.717) is 28.1 Å². The van der Waals surface area contributed by atoms with Crippen LogP contribution in [0.25, 0.3) is 11.4 Å². The number of nitrogens with zero attached hydrogens (tertiary/aromatic N) is 2. The first-order valence-corrected chi connectivity index (χ1v) is 7.41. The lowest BCUT2D eigenvalue weighted by Gasteiger charge is -2.05. The lowest BCUT2D eigenvalue weighted by molar-refractivity contribution is 0.368. The number of aromatic nitrogens is 2. The second-order valence-electron chi connectivity index (χ2n) is 4.29. The molecule has 5 nitrogen and oxygen atoms in total. The molecule has 0 amide bonds. The molecular weight excluding hydrogens is 310 g/mol. The van der Waals surface area contributed by atoms with Gasteiger partial charge in [0, 0.05) is 9.90 Å². The van der Waals surface area contributed by atoms with Crippen LogP contribution in [0.5, 0.6) is 5.75 Å². The monoisotopic (exact) mass is 321 g/mol. The molecule has 7 heteroatoms. The maximum absolute atomic E-state index is 6.11. The van der Waals surface area contributed by atoms with Gasteiger partial charge in [0.05, 0.1) is 12.7 Å². The Kier molecular flexibility index (Phi) is 3.92. The molecule has 3 aromatic rings. The zero-order valence-corrected chi connectivity index (χ0v) is 12.7. The van der Waals surface area contributed by atoms with Gasteiger partial charge in [-0.05, 0) is 29.6 Å². The van der Waals surface area contributed by atoms with Crippen LogP contribution >= 0.6 is 22.9 Å². The smallest absolute Gasteiger partial charge is 0.249 e. The molecule has 0 saturated carbocycles. The van der Waals surface area contributed by atoms with Gasteiger partial charge >= 0.3 is 0 Å². The van der Waals surface area contributed by atoms with Crippen LogP contribution in [0.3, 0.4) is 0 Å². The Labute approximate surface area is 130 Å². The Balaban J connectivity index is 1.95. The molecule has 0 saturated heterocycles. The van der Waals surface area contributed by atoms with Gasteiger partial charge in [-0.3, -0.25) is 0 Å². The van der Waals surface area contributed by atoms with Gasteiger partial charge < -0.3 is 15.0 Å². The average Bonchev–Trinajstić information content (AvgIpc) is 3.18. The van der Waals surface area contributed by atoms with E-state index >= 15 is 0 Å². The van der Waals surface area contributed by atoms with E-state index in [2.05, 4.69) is 10.1 Å². The fourth-order valence-corrected chi connectivity index (χ4v) is 2.79. The summed E-state index contributed by atoms with van der Waals surface area (Å²) < 4.78 is 10.6. The zero-order chi connectivity index (χ0) is 14.8. The van der Waals surface area contributed by atoms with Crippen LogP contribution in [-0.4, -0.2) is 17.3 Å². The number of thiophene rings is 1. The van der Waals surface area contributed by atoms with Gasteiger partial charge in [0.15, 0.2) is 0 Å². The van der Waals surface area contributed by atoms with Crippen LogP contribution in [0.1, 0.15) is 16.8 Å². The topological polar surface area (TPSA) is 74.2 Å². The lowest BCUT2D eigenvalue weighted by Crippen LogP contribution is -2.10. The van der Waals surface area contributed by atoms with Crippen molar-refractivity contribution in [2.75, 3.05) is 7.11 Å². The second-order valence-corrected chi connectivity index (χ2v) is 5.71. The van der Waals surface area contributed by atoms with E-state index in [0.717, 1.165) is 4.88 Å². The summed E-state index contributed by atoms with van der Waals surface area (Å²) in [5, 5.41) is 6.50. The Morgan fingerprint density at radius 3 is 2.95 bits per heavy atom. The van der Waals surface area contributed by atoms with Crippen molar-refractivity contribution in [1.82, 2.24) is 10.1 Å². The molecule has 2 N–H and O–H groups in total. The molecule has 3 rings (SSSR count). The minimum atomic E-state index is -0.426. The van der Waals surface area contributed by atoms with Gasteiger partial charge in [-0.2, -0.15) is 4.98 Å². The molecule has 0 radical (unpaired) electrons. The highest BCUT2D eigenvalue weighted by Gasteiger charge is 2.20. The molecule has 21 heavy (non-hydrogen) atoms. The SMILES string of the molecule is COc1cc(Cl)ccc1-c1noc(C(N)c2cccs2)n1. The van der Waals surface area contributed by atoms with Crippen LogP contribution in [0.2, 0.25) is 5.02 Å². The largest absolute Gasteiger partial charge is 0.496 e. The molecule has 0 fully saturated rings. The quantitative estimate of drug-likeness (QED) is 0.796. The fraction of sp³-hybridized carbons (Fsp3) is 0.143. The molecule has 1 atom stereocenters. The van der Waals surface area contributed by atoms with Crippen LogP contribution < -0.4 is 10.5 Å². The number of rotatable bonds is 4. The Hall–Kier alpha value is -1.89. The molecular formula is C14H12ClN3O2S. The van der Waals surface area contributed by atoms with E-state index in [1.807, 2.05) is 17.5 Å². The summed E-state index contributed by atoms with van der Waals surface area (Å²) in [7, 11) is 1.56. The standard InChI is InChI=1S/C14H12ClN3O2S/c1-19-10-7-8(15)4-5-9(10)13-17-14(20-18-13)12(16)11-3-2-6-21-11/h2-7,12H,16H2,1H3. The summed E-state index contributed by atoms with van der Waals surface area (Å²) in [4.78, 5) is 5.32. The average molecular weight is 322 g/mol. The highest BCUT2D eigenvalue weighted by Crippen LogP contribution is 2.32. The third kappa shape index (κ3) is 2.78. The van der Waals surface area contributed by atoms with Crippen molar-refractivity contribution < 1.29 is 9.26 Å². The molecule has 1 aromatic carbocycles. The molecule has 0 aliphatic heterocycles. The van der Waals surface area contributed by atoms with Crippen molar-refractivity contribution >= 4 is 22.9 Å². The normalized spacial score (nSPS) is 12.3. The third-order valence-electron chi connectivity index (χ3n) is 2.96. The van der Waals surface area contributed by atoms with Gasteiger partial charge in [-0.1, -0.05) is 22.8 Å². The maximum Gasteiger partial charge on any atom is 0.249 e. The van der Waals surface area contributed by atoms with Gasteiger partial charge in [0.1, 0.15) is 11.8 Å². The second kappa shape index (κ2) is 5.85. The molecule has 0 aliphatic rings. The van der Waals surface area contributed by atoms with Crippen molar-refractivity contribution in [3.05, 3.63) is 51.5 Å². The summed E-state index contributed by atoms with van der Waals surface area (Å²) in [6.07, 6.45) is 0. The highest BCUT2D eigenvalue weighted by molar-refractivity contribution is 7.10. The third-order valence-corrected chi connectivity index (χ3v) is 4.15. The Morgan fingerprint density at radius 2 is 2.24 bits per heavy atom. The minimum Gasteiger partial charge on any atom is -0.496 e. The van der Waals surface area contributed by atoms with E-state index < -0.39 is 6.04 Å². The summed E-state index contributed by atoms with van der Waals surface area (Å²) in [6.45, 7) is 0.